The second-order valence-electron chi connectivity index (χ2n) is 5.06. The van der Waals surface area contributed by atoms with Crippen LogP contribution >= 0.6 is 12.4 Å². The zero-order valence-corrected chi connectivity index (χ0v) is 14.3. The third kappa shape index (κ3) is 5.72. The van der Waals surface area contributed by atoms with Gasteiger partial charge in [0.1, 0.15) is 10.7 Å². The first-order valence-electron chi connectivity index (χ1n) is 7.23. The molecule has 1 aromatic carbocycles. The van der Waals surface area contributed by atoms with Gasteiger partial charge in [0.05, 0.1) is 0 Å². The van der Waals surface area contributed by atoms with Gasteiger partial charge in [-0.3, -0.25) is 4.79 Å². The molecule has 0 radical (unpaired) electrons. The Bertz CT molecular complexity index is 619. The summed E-state index contributed by atoms with van der Waals surface area (Å²) in [5.74, 6) is -0.903. The number of hydrogen-bond donors (Lipinski definition) is 2. The SMILES string of the molecule is Cl.O=C(CCNS(=O)(=O)c1ccccc1F)N1CCCNCC1. The fraction of sp³-hybridized carbons (Fsp3) is 0.500. The highest BCUT2D eigenvalue weighted by Crippen LogP contribution is 2.13. The number of hydrogen-bond acceptors (Lipinski definition) is 4. The highest BCUT2D eigenvalue weighted by Gasteiger charge is 2.20. The standard InChI is InChI=1S/C14H20FN3O3S.ClH/c15-12-4-1-2-5-13(12)22(20,21)17-8-6-14(19)18-10-3-7-16-9-11-18;/h1-2,4-5,16-17H,3,6-11H2;1H. The van der Waals surface area contributed by atoms with E-state index in [1.807, 2.05) is 0 Å². The minimum absolute atomic E-state index is 0. The first kappa shape index (κ1) is 19.8. The lowest BCUT2D eigenvalue weighted by atomic mass is 10.3. The van der Waals surface area contributed by atoms with Gasteiger partial charge in [-0.05, 0) is 25.1 Å². The smallest absolute Gasteiger partial charge is 0.243 e. The molecular weight excluding hydrogens is 345 g/mol. The number of nitrogens with one attached hydrogen (secondary N) is 2. The molecule has 0 aliphatic carbocycles. The summed E-state index contributed by atoms with van der Waals surface area (Å²) in [4.78, 5) is 13.3. The lowest BCUT2D eigenvalue weighted by Crippen LogP contribution is -2.36. The molecule has 1 aliphatic heterocycles. The summed E-state index contributed by atoms with van der Waals surface area (Å²) in [7, 11) is -3.93. The Morgan fingerprint density at radius 3 is 2.74 bits per heavy atom. The van der Waals surface area contributed by atoms with Gasteiger partial charge in [-0.25, -0.2) is 17.5 Å². The maximum atomic E-state index is 13.5. The molecule has 0 unspecified atom stereocenters. The number of nitrogens with zero attached hydrogens (tertiary/aromatic N) is 1. The van der Waals surface area contributed by atoms with Gasteiger partial charge in [-0.2, -0.15) is 0 Å². The van der Waals surface area contributed by atoms with Crippen LogP contribution < -0.4 is 10.0 Å². The maximum absolute atomic E-state index is 13.5. The number of benzene rings is 1. The number of carbonyl (C=O) groups excluding carboxylic acids is 1. The third-order valence-corrected chi connectivity index (χ3v) is 4.94. The van der Waals surface area contributed by atoms with Crippen molar-refractivity contribution in [1.29, 1.82) is 0 Å². The van der Waals surface area contributed by atoms with E-state index in [1.54, 1.807) is 4.90 Å². The summed E-state index contributed by atoms with van der Waals surface area (Å²) < 4.78 is 39.7. The molecule has 1 aromatic rings. The highest BCUT2D eigenvalue weighted by atomic mass is 35.5. The molecule has 0 aromatic heterocycles. The minimum atomic E-state index is -3.93. The molecule has 1 saturated heterocycles. The van der Waals surface area contributed by atoms with Crippen molar-refractivity contribution < 1.29 is 17.6 Å². The highest BCUT2D eigenvalue weighted by molar-refractivity contribution is 7.89. The van der Waals surface area contributed by atoms with Crippen molar-refractivity contribution in [3.8, 4) is 0 Å². The Morgan fingerprint density at radius 2 is 2.00 bits per heavy atom. The average molecular weight is 366 g/mol. The molecule has 9 heteroatoms. The predicted octanol–water partition coefficient (Wildman–Crippen LogP) is 0.738. The van der Waals surface area contributed by atoms with E-state index in [1.165, 1.54) is 18.2 Å². The van der Waals surface area contributed by atoms with Crippen molar-refractivity contribution in [3.05, 3.63) is 30.1 Å². The van der Waals surface area contributed by atoms with Crippen LogP contribution in [0.2, 0.25) is 0 Å². The number of sulfonamides is 1. The van der Waals surface area contributed by atoms with Crippen LogP contribution in [0.15, 0.2) is 29.2 Å². The Morgan fingerprint density at radius 1 is 1.26 bits per heavy atom. The predicted molar refractivity (Wildman–Crippen MR) is 87.5 cm³/mol. The Kier molecular flexibility index (Phi) is 7.90. The van der Waals surface area contributed by atoms with E-state index in [0.717, 1.165) is 25.6 Å². The van der Waals surface area contributed by atoms with E-state index in [4.69, 9.17) is 0 Å². The molecular formula is C14H21ClFN3O3S. The van der Waals surface area contributed by atoms with Gasteiger partial charge in [-0.1, -0.05) is 12.1 Å². The van der Waals surface area contributed by atoms with Crippen molar-refractivity contribution in [2.75, 3.05) is 32.7 Å². The molecule has 23 heavy (non-hydrogen) atoms. The Labute approximate surface area is 141 Å². The quantitative estimate of drug-likeness (QED) is 0.806. The molecule has 1 heterocycles. The number of carbonyl (C=O) groups is 1. The summed E-state index contributed by atoms with van der Waals surface area (Å²) >= 11 is 0. The number of amides is 1. The number of rotatable bonds is 5. The van der Waals surface area contributed by atoms with Gasteiger partial charge in [0.2, 0.25) is 15.9 Å². The van der Waals surface area contributed by atoms with Gasteiger partial charge < -0.3 is 10.2 Å². The van der Waals surface area contributed by atoms with Crippen molar-refractivity contribution in [1.82, 2.24) is 14.9 Å². The van der Waals surface area contributed by atoms with E-state index in [9.17, 15) is 17.6 Å². The van der Waals surface area contributed by atoms with Gasteiger partial charge in [0.25, 0.3) is 0 Å². The molecule has 0 spiro atoms. The monoisotopic (exact) mass is 365 g/mol. The van der Waals surface area contributed by atoms with Crippen LogP contribution in [0.3, 0.4) is 0 Å². The summed E-state index contributed by atoms with van der Waals surface area (Å²) in [6.07, 6.45) is 0.945. The van der Waals surface area contributed by atoms with Crippen LogP contribution in [-0.2, 0) is 14.8 Å². The van der Waals surface area contributed by atoms with Crippen molar-refractivity contribution in [2.24, 2.45) is 0 Å². The molecule has 0 bridgehead atoms. The van der Waals surface area contributed by atoms with Crippen molar-refractivity contribution in [3.63, 3.8) is 0 Å². The summed E-state index contributed by atoms with van der Waals surface area (Å²) in [6, 6.07) is 5.15. The lowest BCUT2D eigenvalue weighted by molar-refractivity contribution is -0.130. The van der Waals surface area contributed by atoms with Gasteiger partial charge in [0, 0.05) is 32.6 Å². The molecule has 1 amide bonds. The molecule has 2 rings (SSSR count). The minimum Gasteiger partial charge on any atom is -0.341 e. The van der Waals surface area contributed by atoms with Crippen LogP contribution in [-0.4, -0.2) is 51.9 Å². The summed E-state index contributed by atoms with van der Waals surface area (Å²) in [5.41, 5.74) is 0. The van der Waals surface area contributed by atoms with E-state index in [0.29, 0.717) is 13.1 Å². The van der Waals surface area contributed by atoms with E-state index in [-0.39, 0.29) is 31.3 Å². The van der Waals surface area contributed by atoms with Crippen LogP contribution in [0.4, 0.5) is 4.39 Å². The van der Waals surface area contributed by atoms with Gasteiger partial charge >= 0.3 is 0 Å². The first-order valence-corrected chi connectivity index (χ1v) is 8.72. The molecule has 0 saturated carbocycles. The second kappa shape index (κ2) is 9.17. The topological polar surface area (TPSA) is 78.5 Å². The number of halogens is 2. The summed E-state index contributed by atoms with van der Waals surface area (Å²) in [5, 5.41) is 3.19. The fourth-order valence-corrected chi connectivity index (χ4v) is 3.39. The Balaban J connectivity index is 0.00000264. The summed E-state index contributed by atoms with van der Waals surface area (Å²) in [6.45, 7) is 2.88. The second-order valence-corrected chi connectivity index (χ2v) is 6.80. The molecule has 0 atom stereocenters. The van der Waals surface area contributed by atoms with Gasteiger partial charge in [-0.15, -0.1) is 12.4 Å². The normalized spacial score (nSPS) is 15.6. The van der Waals surface area contributed by atoms with Gasteiger partial charge in [0.15, 0.2) is 0 Å². The molecule has 130 valence electrons. The fourth-order valence-electron chi connectivity index (χ4n) is 2.29. The van der Waals surface area contributed by atoms with Crippen LogP contribution in [0, 0.1) is 5.82 Å². The maximum Gasteiger partial charge on any atom is 0.243 e. The third-order valence-electron chi connectivity index (χ3n) is 3.45. The van der Waals surface area contributed by atoms with E-state index >= 15 is 0 Å². The van der Waals surface area contributed by atoms with Crippen LogP contribution in [0.5, 0.6) is 0 Å². The largest absolute Gasteiger partial charge is 0.341 e. The first-order chi connectivity index (χ1) is 10.5. The zero-order valence-electron chi connectivity index (χ0n) is 12.6. The molecule has 1 fully saturated rings. The van der Waals surface area contributed by atoms with E-state index in [2.05, 4.69) is 10.0 Å². The molecule has 6 nitrogen and oxygen atoms in total. The Hall–Kier alpha value is -1.22. The van der Waals surface area contributed by atoms with E-state index < -0.39 is 20.7 Å². The molecule has 2 N–H and O–H groups in total. The zero-order chi connectivity index (χ0) is 16.0. The van der Waals surface area contributed by atoms with Crippen LogP contribution in [0.25, 0.3) is 0 Å². The van der Waals surface area contributed by atoms with Crippen molar-refractivity contribution in [2.45, 2.75) is 17.7 Å². The average Bonchev–Trinajstić information content (AvgIpc) is 2.76. The van der Waals surface area contributed by atoms with Crippen LogP contribution in [0.1, 0.15) is 12.8 Å². The lowest BCUT2D eigenvalue weighted by Gasteiger charge is -2.20. The van der Waals surface area contributed by atoms with Crippen molar-refractivity contribution >= 4 is 28.3 Å². The molecule has 1 aliphatic rings.